The average Bonchev–Trinajstić information content (AvgIpc) is 3.12. The highest BCUT2D eigenvalue weighted by molar-refractivity contribution is 6.03. The van der Waals surface area contributed by atoms with Gasteiger partial charge in [0.25, 0.3) is 5.69 Å². The van der Waals surface area contributed by atoms with E-state index in [2.05, 4.69) is 5.32 Å². The van der Waals surface area contributed by atoms with Crippen molar-refractivity contribution in [1.82, 2.24) is 0 Å². The average molecular weight is 381 g/mol. The summed E-state index contributed by atoms with van der Waals surface area (Å²) in [7, 11) is 1.50. The van der Waals surface area contributed by atoms with Crippen LogP contribution in [-0.2, 0) is 9.59 Å². The van der Waals surface area contributed by atoms with Gasteiger partial charge in [0.2, 0.25) is 11.8 Å². The van der Waals surface area contributed by atoms with E-state index in [-0.39, 0.29) is 11.6 Å². The molecule has 1 heterocycles. The predicted molar refractivity (Wildman–Crippen MR) is 105 cm³/mol. The van der Waals surface area contributed by atoms with E-state index in [0.29, 0.717) is 35.7 Å². The molecule has 0 bridgehead atoms. The monoisotopic (exact) mass is 381 g/mol. The highest BCUT2D eigenvalue weighted by Crippen LogP contribution is 2.33. The zero-order valence-electron chi connectivity index (χ0n) is 15.3. The SMILES string of the molecule is COc1cc(NC(=O)C=Cc2ccccc2[N+](=O)[O-])ccc1N1CCCC1=O. The Morgan fingerprint density at radius 2 is 2.07 bits per heavy atom. The number of para-hydroxylation sites is 1. The maximum absolute atomic E-state index is 12.2. The Bertz CT molecular complexity index is 955. The quantitative estimate of drug-likeness (QED) is 0.469. The lowest BCUT2D eigenvalue weighted by molar-refractivity contribution is -0.385. The van der Waals surface area contributed by atoms with Crippen LogP contribution >= 0.6 is 0 Å². The van der Waals surface area contributed by atoms with Crippen LogP contribution in [0.1, 0.15) is 18.4 Å². The number of methoxy groups -OCH3 is 1. The summed E-state index contributed by atoms with van der Waals surface area (Å²) in [6.07, 6.45) is 3.93. The Morgan fingerprint density at radius 3 is 2.75 bits per heavy atom. The molecule has 8 heteroatoms. The molecule has 2 aromatic carbocycles. The number of amides is 2. The van der Waals surface area contributed by atoms with Crippen molar-refractivity contribution in [3.8, 4) is 5.75 Å². The number of nitrogens with zero attached hydrogens (tertiary/aromatic N) is 2. The summed E-state index contributed by atoms with van der Waals surface area (Å²) in [4.78, 5) is 36.3. The third-order valence-electron chi connectivity index (χ3n) is 4.36. The van der Waals surface area contributed by atoms with Crippen molar-refractivity contribution in [3.05, 3.63) is 64.2 Å². The lowest BCUT2D eigenvalue weighted by Gasteiger charge is -2.19. The first-order chi connectivity index (χ1) is 13.5. The summed E-state index contributed by atoms with van der Waals surface area (Å²) >= 11 is 0. The standard InChI is InChI=1S/C20H19N3O5/c1-28-18-13-15(9-10-17(18)22-12-4-7-20(22)25)21-19(24)11-8-14-5-2-3-6-16(14)23(26)27/h2-3,5-6,8-11,13H,4,7,12H2,1H3,(H,21,24). The molecule has 2 aromatic rings. The van der Waals surface area contributed by atoms with Crippen LogP contribution in [0, 0.1) is 10.1 Å². The second-order valence-corrected chi connectivity index (χ2v) is 6.17. The minimum absolute atomic E-state index is 0.0440. The maximum Gasteiger partial charge on any atom is 0.276 e. The second kappa shape index (κ2) is 8.34. The van der Waals surface area contributed by atoms with E-state index < -0.39 is 10.8 Å². The fourth-order valence-electron chi connectivity index (χ4n) is 3.03. The number of ether oxygens (including phenoxy) is 1. The molecule has 0 radical (unpaired) electrons. The molecule has 8 nitrogen and oxygen atoms in total. The number of nitrogens with one attached hydrogen (secondary N) is 1. The first kappa shape index (κ1) is 19.1. The summed E-state index contributed by atoms with van der Waals surface area (Å²) in [5.74, 6) is 0.0865. The van der Waals surface area contributed by atoms with Crippen molar-refractivity contribution in [2.45, 2.75) is 12.8 Å². The smallest absolute Gasteiger partial charge is 0.276 e. The zero-order valence-corrected chi connectivity index (χ0v) is 15.3. The number of rotatable bonds is 6. The third-order valence-corrected chi connectivity index (χ3v) is 4.36. The van der Waals surface area contributed by atoms with Crippen LogP contribution in [0.2, 0.25) is 0 Å². The van der Waals surface area contributed by atoms with E-state index in [1.54, 1.807) is 41.3 Å². The number of carbonyl (C=O) groups excluding carboxylic acids is 2. The summed E-state index contributed by atoms with van der Waals surface area (Å²) in [6, 6.07) is 11.2. The first-order valence-corrected chi connectivity index (χ1v) is 8.70. The molecule has 144 valence electrons. The van der Waals surface area contributed by atoms with Gasteiger partial charge in [0.05, 0.1) is 23.3 Å². The predicted octanol–water partition coefficient (Wildman–Crippen LogP) is 3.38. The first-order valence-electron chi connectivity index (χ1n) is 8.70. The van der Waals surface area contributed by atoms with Gasteiger partial charge in [-0.05, 0) is 30.7 Å². The molecule has 0 aromatic heterocycles. The molecule has 1 aliphatic rings. The molecule has 1 saturated heterocycles. The molecule has 0 atom stereocenters. The van der Waals surface area contributed by atoms with Crippen LogP contribution in [0.5, 0.6) is 5.75 Å². The molecule has 0 unspecified atom stereocenters. The van der Waals surface area contributed by atoms with E-state index >= 15 is 0 Å². The molecule has 28 heavy (non-hydrogen) atoms. The van der Waals surface area contributed by atoms with Crippen molar-refractivity contribution in [2.24, 2.45) is 0 Å². The van der Waals surface area contributed by atoms with E-state index in [1.807, 2.05) is 0 Å². The lowest BCUT2D eigenvalue weighted by Crippen LogP contribution is -2.24. The topological polar surface area (TPSA) is 102 Å². The number of anilines is 2. The van der Waals surface area contributed by atoms with Gasteiger partial charge in [-0.1, -0.05) is 12.1 Å². The van der Waals surface area contributed by atoms with Gasteiger partial charge >= 0.3 is 0 Å². The number of benzene rings is 2. The van der Waals surface area contributed by atoms with Crippen molar-refractivity contribution < 1.29 is 19.2 Å². The van der Waals surface area contributed by atoms with Gasteiger partial charge < -0.3 is 15.0 Å². The van der Waals surface area contributed by atoms with Gasteiger partial charge in [0.15, 0.2) is 0 Å². The normalized spacial score (nSPS) is 13.8. The van der Waals surface area contributed by atoms with Crippen LogP contribution < -0.4 is 15.0 Å². The van der Waals surface area contributed by atoms with Crippen molar-refractivity contribution >= 4 is 35.0 Å². The number of nitro groups is 1. The highest BCUT2D eigenvalue weighted by atomic mass is 16.6. The molecular formula is C20H19N3O5. The largest absolute Gasteiger partial charge is 0.494 e. The lowest BCUT2D eigenvalue weighted by atomic mass is 10.1. The van der Waals surface area contributed by atoms with Crippen molar-refractivity contribution in [1.29, 1.82) is 0 Å². The highest BCUT2D eigenvalue weighted by Gasteiger charge is 2.24. The second-order valence-electron chi connectivity index (χ2n) is 6.17. The molecule has 2 amide bonds. The van der Waals surface area contributed by atoms with E-state index in [1.165, 1.54) is 25.3 Å². The molecular weight excluding hydrogens is 362 g/mol. The zero-order chi connectivity index (χ0) is 20.1. The molecule has 1 fully saturated rings. The van der Waals surface area contributed by atoms with Crippen LogP contribution in [0.3, 0.4) is 0 Å². The third kappa shape index (κ3) is 4.17. The molecule has 3 rings (SSSR count). The minimum Gasteiger partial charge on any atom is -0.494 e. The Kier molecular flexibility index (Phi) is 5.69. The number of nitro benzene ring substituents is 1. The van der Waals surface area contributed by atoms with E-state index in [4.69, 9.17) is 4.74 Å². The van der Waals surface area contributed by atoms with Crippen LogP contribution in [0.25, 0.3) is 6.08 Å². The van der Waals surface area contributed by atoms with Gasteiger partial charge in [0, 0.05) is 36.9 Å². The van der Waals surface area contributed by atoms with Crippen molar-refractivity contribution in [3.63, 3.8) is 0 Å². The number of carbonyl (C=O) groups is 2. The molecule has 0 saturated carbocycles. The molecule has 1 N–H and O–H groups in total. The Labute approximate surface area is 161 Å². The summed E-state index contributed by atoms with van der Waals surface area (Å²) in [5, 5.41) is 13.7. The summed E-state index contributed by atoms with van der Waals surface area (Å²) < 4.78 is 5.36. The van der Waals surface area contributed by atoms with Crippen LogP contribution in [-0.4, -0.2) is 30.4 Å². The molecule has 1 aliphatic heterocycles. The van der Waals surface area contributed by atoms with E-state index in [0.717, 1.165) is 6.42 Å². The fourth-order valence-corrected chi connectivity index (χ4v) is 3.03. The van der Waals surface area contributed by atoms with Gasteiger partial charge in [-0.3, -0.25) is 19.7 Å². The van der Waals surface area contributed by atoms with Gasteiger partial charge in [-0.2, -0.15) is 0 Å². The maximum atomic E-state index is 12.2. The van der Waals surface area contributed by atoms with E-state index in [9.17, 15) is 19.7 Å². The van der Waals surface area contributed by atoms with Gasteiger partial charge in [-0.25, -0.2) is 0 Å². The number of hydrogen-bond donors (Lipinski definition) is 1. The van der Waals surface area contributed by atoms with Crippen molar-refractivity contribution in [2.75, 3.05) is 23.9 Å². The van der Waals surface area contributed by atoms with Crippen LogP contribution in [0.4, 0.5) is 17.1 Å². The fraction of sp³-hybridized carbons (Fsp3) is 0.200. The van der Waals surface area contributed by atoms with Gasteiger partial charge in [-0.15, -0.1) is 0 Å². The summed E-state index contributed by atoms with van der Waals surface area (Å²) in [6.45, 7) is 0.638. The Morgan fingerprint density at radius 1 is 1.29 bits per heavy atom. The Balaban J connectivity index is 1.74. The Hall–Kier alpha value is -3.68. The summed E-state index contributed by atoms with van der Waals surface area (Å²) in [5.41, 5.74) is 1.42. The van der Waals surface area contributed by atoms with Gasteiger partial charge in [0.1, 0.15) is 5.75 Å². The molecule has 0 spiro atoms. The van der Waals surface area contributed by atoms with Crippen LogP contribution in [0.15, 0.2) is 48.5 Å². The molecule has 0 aliphatic carbocycles. The minimum atomic E-state index is -0.499. The number of hydrogen-bond acceptors (Lipinski definition) is 5.